The summed E-state index contributed by atoms with van der Waals surface area (Å²) in [6.07, 6.45) is 4.88. The number of nitrogen functional groups attached to an aromatic ring is 1. The van der Waals surface area contributed by atoms with Crippen molar-refractivity contribution in [1.82, 2.24) is 60.5 Å². The molecule has 21 nitrogen and oxygen atoms in total. The molecule has 0 aliphatic carbocycles. The first-order valence-electron chi connectivity index (χ1n) is 26.9. The predicted octanol–water partition coefficient (Wildman–Crippen LogP) is 13.0. The highest BCUT2D eigenvalue weighted by molar-refractivity contribution is 7.92. The molecule has 0 atom stereocenters. The third-order valence-electron chi connectivity index (χ3n) is 13.3. The number of rotatable bonds is 14. The third kappa shape index (κ3) is 13.2. The van der Waals surface area contributed by atoms with Gasteiger partial charge in [0.2, 0.25) is 17.7 Å². The van der Waals surface area contributed by atoms with E-state index >= 15 is 0 Å². The summed E-state index contributed by atoms with van der Waals surface area (Å²) in [6.45, 7) is 10.3. The molecule has 0 amide bonds. The number of benzene rings is 6. The number of anilines is 1. The summed E-state index contributed by atoms with van der Waals surface area (Å²) >= 11 is 0. The molecule has 6 aromatic heterocycles. The molecule has 12 aromatic rings. The van der Waals surface area contributed by atoms with E-state index in [4.69, 9.17) is 19.0 Å². The fourth-order valence-corrected chi connectivity index (χ4v) is 10.6. The summed E-state index contributed by atoms with van der Waals surface area (Å²) in [7, 11) is -6.75. The van der Waals surface area contributed by atoms with Crippen LogP contribution in [0.5, 0.6) is 0 Å². The average molecular weight is 1200 g/mol. The van der Waals surface area contributed by atoms with Crippen LogP contribution in [0.25, 0.3) is 103 Å². The molecule has 6 heterocycles. The lowest BCUT2D eigenvalue weighted by molar-refractivity contribution is 0.282. The highest BCUT2D eigenvalue weighted by Crippen LogP contribution is 2.33. The molecule has 0 aliphatic rings. The zero-order valence-electron chi connectivity index (χ0n) is 47.3. The second-order valence-corrected chi connectivity index (χ2v) is 24.3. The van der Waals surface area contributed by atoms with E-state index < -0.39 is 24.9 Å². The average Bonchev–Trinajstić information content (AvgIpc) is 1.20. The summed E-state index contributed by atoms with van der Waals surface area (Å²) in [6, 6.07) is 47.0. The number of aromatic nitrogens is 12. The molecule has 6 aromatic carbocycles. The van der Waals surface area contributed by atoms with Crippen molar-refractivity contribution in [3.05, 3.63) is 199 Å². The highest BCUT2D eigenvalue weighted by Gasteiger charge is 2.23. The first-order chi connectivity index (χ1) is 41.5. The van der Waals surface area contributed by atoms with Gasteiger partial charge in [0, 0.05) is 47.6 Å². The molecular formula is C63H67N13O8S2. The Morgan fingerprint density at radius 1 is 0.477 bits per heavy atom. The summed E-state index contributed by atoms with van der Waals surface area (Å²) in [5, 5.41) is 33.5. The monoisotopic (exact) mass is 1200 g/mol. The molecule has 3 N–H and O–H groups in total. The third-order valence-corrected chi connectivity index (χ3v) is 17.3. The molecule has 0 spiro atoms. The number of hydrogen-bond donors (Lipinski definition) is 2. The quantitative estimate of drug-likeness (QED) is 0.0956. The first kappa shape index (κ1) is 58.8. The standard InChI is InChI=1S/C22H21N5O3S.C21H18N4O3S.C20H16N4O2.6H2/c1-13(2)31(28,29)18-10-6-15(7-11-18)19-12-24-14(3)20(25-19)22-27-26-21(30-22)16-4-8-17(23)9-5-16;1-3-29(26,27)18-12-8-7-11-16(18)17-13-22-14(2)19(23-17)21-25-24-20(28-21)15-9-5-4-6-10-15;1-13-18(20-24-23-19(26-20)15-7-3-2-4-8-15)22-17(11-21-13)16-9-5-6-14(10-16)12-25;;;;;;/h4-13H,23H2,1-3H3;4-13H,3H2,1-2H3;2-11,25H,12H2,1H3;6*1H. The summed E-state index contributed by atoms with van der Waals surface area (Å²) < 4.78 is 67.1. The van der Waals surface area contributed by atoms with Gasteiger partial charge in [-0.3, -0.25) is 15.0 Å². The zero-order valence-corrected chi connectivity index (χ0v) is 48.9. The van der Waals surface area contributed by atoms with Gasteiger partial charge in [-0.05, 0) is 113 Å². The number of hydrogen-bond acceptors (Lipinski definition) is 21. The number of aliphatic hydroxyl groups excluding tert-OH is 1. The van der Waals surface area contributed by atoms with Crippen LogP contribution in [0, 0.1) is 20.8 Å². The largest absolute Gasteiger partial charge is 0.415 e. The Morgan fingerprint density at radius 3 is 1.36 bits per heavy atom. The predicted molar refractivity (Wildman–Crippen MR) is 336 cm³/mol. The number of aryl methyl sites for hydroxylation is 3. The van der Waals surface area contributed by atoms with E-state index in [1.807, 2.05) is 91.9 Å². The Morgan fingerprint density at radius 2 is 0.884 bits per heavy atom. The van der Waals surface area contributed by atoms with Gasteiger partial charge in [-0.2, -0.15) is 0 Å². The van der Waals surface area contributed by atoms with Gasteiger partial charge in [0.15, 0.2) is 19.7 Å². The highest BCUT2D eigenvalue weighted by atomic mass is 32.2. The van der Waals surface area contributed by atoms with E-state index in [9.17, 15) is 21.9 Å². The second kappa shape index (κ2) is 25.6. The smallest absolute Gasteiger partial charge is 0.268 e. The van der Waals surface area contributed by atoms with Crippen LogP contribution in [0.2, 0.25) is 0 Å². The van der Waals surface area contributed by atoms with Gasteiger partial charge in [0.25, 0.3) is 17.7 Å². The Labute approximate surface area is 504 Å². The van der Waals surface area contributed by atoms with Gasteiger partial charge in [0.1, 0.15) is 17.1 Å². The maximum absolute atomic E-state index is 12.5. The second-order valence-electron chi connectivity index (χ2n) is 19.5. The van der Waals surface area contributed by atoms with Crippen molar-refractivity contribution in [2.24, 2.45) is 0 Å². The normalized spacial score (nSPS) is 11.4. The number of nitrogens with zero attached hydrogens (tertiary/aromatic N) is 12. The van der Waals surface area contributed by atoms with Crippen molar-refractivity contribution in [2.45, 2.75) is 63.2 Å². The molecule has 0 saturated carbocycles. The van der Waals surface area contributed by atoms with E-state index in [-0.39, 0.29) is 42.5 Å². The minimum absolute atomic E-state index is 0. The lowest BCUT2D eigenvalue weighted by Crippen LogP contribution is -2.13. The molecular weight excluding hydrogens is 1130 g/mol. The van der Waals surface area contributed by atoms with E-state index in [0.29, 0.717) is 86.1 Å². The first-order valence-corrected chi connectivity index (χ1v) is 30.1. The van der Waals surface area contributed by atoms with Crippen LogP contribution in [0.4, 0.5) is 5.69 Å². The van der Waals surface area contributed by atoms with Gasteiger partial charge < -0.3 is 24.1 Å². The summed E-state index contributed by atoms with van der Waals surface area (Å²) in [5.41, 5.74) is 16.7. The van der Waals surface area contributed by atoms with Crippen LogP contribution in [0.15, 0.2) is 199 Å². The van der Waals surface area contributed by atoms with Crippen molar-refractivity contribution >= 4 is 25.4 Å². The minimum Gasteiger partial charge on any atom is -0.415 e. The molecule has 0 unspecified atom stereocenters. The SMILES string of the molecule is CCS(=O)(=O)c1ccccc1-c1cnc(C)c(-c2nnc(-c3ccccc3)o2)n1.Cc1ncc(-c2ccc(S(=O)(=O)C(C)C)cc2)nc1-c1nnc(-c2ccc(N)cc2)o1.Cc1ncc(-c2cccc(CO)c2)nc1-c1nnc(-c2ccccc2)o1.[HH].[HH].[HH].[HH].[HH].[HH]. The number of nitrogens with two attached hydrogens (primary N) is 1. The van der Waals surface area contributed by atoms with Crippen LogP contribution in [0.1, 0.15) is 52.0 Å². The van der Waals surface area contributed by atoms with Crippen LogP contribution in [-0.4, -0.2) is 93.4 Å². The number of aliphatic hydroxyl groups is 1. The fourth-order valence-electron chi connectivity index (χ4n) is 8.48. The molecule has 0 radical (unpaired) electrons. The zero-order chi connectivity index (χ0) is 60.5. The van der Waals surface area contributed by atoms with Crippen LogP contribution in [0.3, 0.4) is 0 Å². The molecule has 0 bridgehead atoms. The van der Waals surface area contributed by atoms with Gasteiger partial charge in [0.05, 0.1) is 80.2 Å². The van der Waals surface area contributed by atoms with Crippen molar-refractivity contribution in [2.75, 3.05) is 11.5 Å². The lowest BCUT2D eigenvalue weighted by Gasteiger charge is -2.10. The maximum atomic E-state index is 12.5. The Kier molecular flexibility index (Phi) is 17.5. The van der Waals surface area contributed by atoms with Crippen molar-refractivity contribution in [3.8, 4) is 103 Å². The number of sulfone groups is 2. The summed E-state index contributed by atoms with van der Waals surface area (Å²) in [5.74, 6) is 1.97. The van der Waals surface area contributed by atoms with Crippen molar-refractivity contribution in [3.63, 3.8) is 0 Å². The van der Waals surface area contributed by atoms with Crippen LogP contribution < -0.4 is 5.73 Å². The van der Waals surface area contributed by atoms with Gasteiger partial charge in [-0.15, -0.1) is 30.6 Å². The van der Waals surface area contributed by atoms with E-state index in [1.54, 1.807) is 126 Å². The Hall–Kier alpha value is -10.4. The van der Waals surface area contributed by atoms with Gasteiger partial charge >= 0.3 is 0 Å². The van der Waals surface area contributed by atoms with Crippen LogP contribution in [-0.2, 0) is 26.3 Å². The topological polar surface area (TPSA) is 309 Å². The summed E-state index contributed by atoms with van der Waals surface area (Å²) in [4.78, 5) is 27.6. The fraction of sp³-hybridized carbons (Fsp3) is 0.143. The molecule has 0 fully saturated rings. The molecule has 86 heavy (non-hydrogen) atoms. The van der Waals surface area contributed by atoms with Crippen molar-refractivity contribution in [1.29, 1.82) is 0 Å². The minimum atomic E-state index is -3.42. The van der Waals surface area contributed by atoms with Crippen LogP contribution >= 0.6 is 0 Å². The molecule has 444 valence electrons. The molecule has 12 rings (SSSR count). The van der Waals surface area contributed by atoms with Gasteiger partial charge in [-0.1, -0.05) is 91.9 Å². The van der Waals surface area contributed by atoms with E-state index in [0.717, 1.165) is 33.4 Å². The Bertz CT molecular complexity index is 4590. The molecule has 23 heteroatoms. The van der Waals surface area contributed by atoms with E-state index in [1.165, 1.54) is 0 Å². The van der Waals surface area contributed by atoms with Gasteiger partial charge in [-0.25, -0.2) is 31.8 Å². The van der Waals surface area contributed by atoms with Crippen molar-refractivity contribution < 1.29 is 43.8 Å². The molecule has 0 saturated heterocycles. The maximum Gasteiger partial charge on any atom is 0.268 e. The Balaban J connectivity index is 0.000000286. The lowest BCUT2D eigenvalue weighted by atomic mass is 10.1. The van der Waals surface area contributed by atoms with E-state index in [2.05, 4.69) is 60.5 Å². The molecule has 0 aliphatic heterocycles.